The standard InChI is InChI=1S/C20H41NO2/c1-7-9-10-11-12-14-18(13-8-2)21-19(15-16(3)4)20(22)23-17(5)6/h16-19,21H,7-15H2,1-6H3. The highest BCUT2D eigenvalue weighted by atomic mass is 16.5. The number of carbonyl (C=O) groups excluding carboxylic acids is 1. The first-order chi connectivity index (χ1) is 10.9. The Bertz CT molecular complexity index is 289. The molecule has 0 aliphatic carbocycles. The molecule has 0 bridgehead atoms. The lowest BCUT2D eigenvalue weighted by Crippen LogP contribution is -2.45. The highest BCUT2D eigenvalue weighted by Gasteiger charge is 2.24. The third-order valence-electron chi connectivity index (χ3n) is 4.07. The summed E-state index contributed by atoms with van der Waals surface area (Å²) in [5, 5.41) is 3.61. The van der Waals surface area contributed by atoms with Crippen LogP contribution in [-0.2, 0) is 9.53 Å². The Morgan fingerprint density at radius 2 is 1.57 bits per heavy atom. The van der Waals surface area contributed by atoms with Crippen LogP contribution in [0.25, 0.3) is 0 Å². The molecule has 1 N–H and O–H groups in total. The maximum Gasteiger partial charge on any atom is 0.323 e. The second-order valence-electron chi connectivity index (χ2n) is 7.52. The van der Waals surface area contributed by atoms with Gasteiger partial charge in [-0.25, -0.2) is 0 Å². The Hall–Kier alpha value is -0.570. The van der Waals surface area contributed by atoms with E-state index in [9.17, 15) is 4.79 Å². The Labute approximate surface area is 144 Å². The lowest BCUT2D eigenvalue weighted by Gasteiger charge is -2.26. The molecule has 0 radical (unpaired) electrons. The molecule has 0 saturated carbocycles. The maximum absolute atomic E-state index is 12.4. The molecule has 2 atom stereocenters. The van der Waals surface area contributed by atoms with Crippen molar-refractivity contribution >= 4 is 5.97 Å². The Balaban J connectivity index is 4.49. The van der Waals surface area contributed by atoms with E-state index in [1.807, 2.05) is 13.8 Å². The van der Waals surface area contributed by atoms with Crippen LogP contribution < -0.4 is 5.32 Å². The van der Waals surface area contributed by atoms with Gasteiger partial charge in [0, 0.05) is 6.04 Å². The van der Waals surface area contributed by atoms with Crippen LogP contribution in [0.3, 0.4) is 0 Å². The molecule has 3 heteroatoms. The van der Waals surface area contributed by atoms with Gasteiger partial charge in [0.2, 0.25) is 0 Å². The average Bonchev–Trinajstić information content (AvgIpc) is 2.45. The van der Waals surface area contributed by atoms with Crippen molar-refractivity contribution in [2.75, 3.05) is 0 Å². The SMILES string of the molecule is CCCCCCCC(CCC)NC(CC(C)C)C(=O)OC(C)C. The van der Waals surface area contributed by atoms with Crippen LogP contribution in [0.4, 0.5) is 0 Å². The number of unbranched alkanes of at least 4 members (excludes halogenated alkanes) is 4. The molecular formula is C20H41NO2. The molecule has 0 aliphatic rings. The molecular weight excluding hydrogens is 286 g/mol. The number of rotatable bonds is 14. The third-order valence-corrected chi connectivity index (χ3v) is 4.07. The van der Waals surface area contributed by atoms with Crippen LogP contribution in [-0.4, -0.2) is 24.2 Å². The summed E-state index contributed by atoms with van der Waals surface area (Å²) in [6, 6.07) is 0.273. The zero-order valence-electron chi connectivity index (χ0n) is 16.5. The molecule has 0 aromatic carbocycles. The fourth-order valence-corrected chi connectivity index (χ4v) is 2.96. The Morgan fingerprint density at radius 3 is 2.09 bits per heavy atom. The van der Waals surface area contributed by atoms with E-state index < -0.39 is 0 Å². The van der Waals surface area contributed by atoms with Gasteiger partial charge in [-0.2, -0.15) is 0 Å². The van der Waals surface area contributed by atoms with Gasteiger partial charge in [0.25, 0.3) is 0 Å². The summed E-state index contributed by atoms with van der Waals surface area (Å²) in [5.74, 6) is 0.403. The van der Waals surface area contributed by atoms with Crippen LogP contribution in [0, 0.1) is 5.92 Å². The number of carbonyl (C=O) groups is 1. The molecule has 2 unspecified atom stereocenters. The molecule has 0 heterocycles. The van der Waals surface area contributed by atoms with Gasteiger partial charge in [-0.15, -0.1) is 0 Å². The molecule has 0 rings (SSSR count). The summed E-state index contributed by atoms with van der Waals surface area (Å²) in [5.41, 5.74) is 0. The van der Waals surface area contributed by atoms with E-state index in [1.54, 1.807) is 0 Å². The van der Waals surface area contributed by atoms with E-state index in [4.69, 9.17) is 4.74 Å². The maximum atomic E-state index is 12.4. The molecule has 0 aliphatic heterocycles. The smallest absolute Gasteiger partial charge is 0.323 e. The van der Waals surface area contributed by atoms with Crippen molar-refractivity contribution in [3.05, 3.63) is 0 Å². The zero-order valence-corrected chi connectivity index (χ0v) is 16.5. The van der Waals surface area contributed by atoms with E-state index in [2.05, 4.69) is 33.0 Å². The Morgan fingerprint density at radius 1 is 0.913 bits per heavy atom. The van der Waals surface area contributed by atoms with Gasteiger partial charge in [0.15, 0.2) is 0 Å². The van der Waals surface area contributed by atoms with Crippen molar-refractivity contribution in [2.45, 2.75) is 118 Å². The summed E-state index contributed by atoms with van der Waals surface area (Å²) in [4.78, 5) is 12.4. The number of ether oxygens (including phenoxy) is 1. The number of hydrogen-bond donors (Lipinski definition) is 1. The largest absolute Gasteiger partial charge is 0.462 e. The average molecular weight is 328 g/mol. The van der Waals surface area contributed by atoms with Gasteiger partial charge < -0.3 is 10.1 Å². The van der Waals surface area contributed by atoms with Crippen molar-refractivity contribution in [3.63, 3.8) is 0 Å². The first-order valence-corrected chi connectivity index (χ1v) is 9.87. The molecule has 0 aromatic rings. The van der Waals surface area contributed by atoms with Crippen molar-refractivity contribution in [3.8, 4) is 0 Å². The molecule has 0 aromatic heterocycles. The molecule has 0 fully saturated rings. The highest BCUT2D eigenvalue weighted by molar-refractivity contribution is 5.76. The van der Waals surface area contributed by atoms with Crippen LogP contribution in [0.1, 0.15) is 99.3 Å². The van der Waals surface area contributed by atoms with E-state index in [0.717, 1.165) is 19.3 Å². The first kappa shape index (κ1) is 22.4. The lowest BCUT2D eigenvalue weighted by molar-refractivity contribution is -0.150. The van der Waals surface area contributed by atoms with Crippen LogP contribution in [0.2, 0.25) is 0 Å². The van der Waals surface area contributed by atoms with E-state index in [1.165, 1.54) is 38.5 Å². The van der Waals surface area contributed by atoms with Crippen molar-refractivity contribution < 1.29 is 9.53 Å². The summed E-state index contributed by atoms with van der Waals surface area (Å²) < 4.78 is 5.45. The molecule has 138 valence electrons. The van der Waals surface area contributed by atoms with Gasteiger partial charge in [0.05, 0.1) is 6.10 Å². The topological polar surface area (TPSA) is 38.3 Å². The minimum Gasteiger partial charge on any atom is -0.462 e. The van der Waals surface area contributed by atoms with E-state index in [-0.39, 0.29) is 18.1 Å². The molecule has 0 amide bonds. The zero-order chi connectivity index (χ0) is 17.7. The minimum absolute atomic E-state index is 0.0439. The van der Waals surface area contributed by atoms with Crippen molar-refractivity contribution in [2.24, 2.45) is 5.92 Å². The second-order valence-corrected chi connectivity index (χ2v) is 7.52. The number of nitrogens with one attached hydrogen (secondary N) is 1. The van der Waals surface area contributed by atoms with Gasteiger partial charge in [0.1, 0.15) is 6.04 Å². The molecule has 0 spiro atoms. The summed E-state index contributed by atoms with van der Waals surface area (Å²) in [6.45, 7) is 12.6. The highest BCUT2D eigenvalue weighted by Crippen LogP contribution is 2.14. The summed E-state index contributed by atoms with van der Waals surface area (Å²) in [7, 11) is 0. The first-order valence-electron chi connectivity index (χ1n) is 9.87. The van der Waals surface area contributed by atoms with Crippen molar-refractivity contribution in [1.82, 2.24) is 5.32 Å². The van der Waals surface area contributed by atoms with Gasteiger partial charge in [-0.1, -0.05) is 66.2 Å². The van der Waals surface area contributed by atoms with Crippen LogP contribution >= 0.6 is 0 Å². The second kappa shape index (κ2) is 13.8. The number of esters is 1. The van der Waals surface area contributed by atoms with Crippen molar-refractivity contribution in [1.29, 1.82) is 0 Å². The molecule has 0 saturated heterocycles. The van der Waals surface area contributed by atoms with E-state index in [0.29, 0.717) is 12.0 Å². The van der Waals surface area contributed by atoms with Crippen LogP contribution in [0.5, 0.6) is 0 Å². The van der Waals surface area contributed by atoms with E-state index >= 15 is 0 Å². The third kappa shape index (κ3) is 12.5. The fourth-order valence-electron chi connectivity index (χ4n) is 2.96. The molecule has 3 nitrogen and oxygen atoms in total. The minimum atomic E-state index is -0.162. The number of hydrogen-bond acceptors (Lipinski definition) is 3. The van der Waals surface area contributed by atoms with Crippen LogP contribution in [0.15, 0.2) is 0 Å². The fraction of sp³-hybridized carbons (Fsp3) is 0.950. The summed E-state index contributed by atoms with van der Waals surface area (Å²) in [6.07, 6.45) is 10.8. The predicted octanol–water partition coefficient (Wildman–Crippen LogP) is 5.47. The summed E-state index contributed by atoms with van der Waals surface area (Å²) >= 11 is 0. The van der Waals surface area contributed by atoms with Gasteiger partial charge >= 0.3 is 5.97 Å². The Kier molecular flexibility index (Phi) is 13.5. The predicted molar refractivity (Wildman–Crippen MR) is 99.7 cm³/mol. The van der Waals surface area contributed by atoms with Gasteiger partial charge in [-0.3, -0.25) is 4.79 Å². The van der Waals surface area contributed by atoms with Gasteiger partial charge in [-0.05, 0) is 39.0 Å². The normalized spacial score (nSPS) is 14.3. The monoisotopic (exact) mass is 327 g/mol. The quantitative estimate of drug-likeness (QED) is 0.339. The molecule has 23 heavy (non-hydrogen) atoms. The lowest BCUT2D eigenvalue weighted by atomic mass is 9.98.